The van der Waals surface area contributed by atoms with Gasteiger partial charge < -0.3 is 15.6 Å². The van der Waals surface area contributed by atoms with E-state index < -0.39 is 12.0 Å². The van der Waals surface area contributed by atoms with Crippen molar-refractivity contribution in [3.05, 3.63) is 28.2 Å². The molecule has 0 aliphatic heterocycles. The molecule has 1 rings (SSSR count). The van der Waals surface area contributed by atoms with Gasteiger partial charge in [-0.1, -0.05) is 22.0 Å². The smallest absolute Gasteiger partial charge is 0.320 e. The predicted molar refractivity (Wildman–Crippen MR) is 60.0 cm³/mol. The van der Waals surface area contributed by atoms with Crippen LogP contribution in [-0.2, 0) is 11.2 Å². The van der Waals surface area contributed by atoms with E-state index in [2.05, 4.69) is 15.9 Å². The molecule has 1 aromatic carbocycles. The molecule has 0 radical (unpaired) electrons. The van der Waals surface area contributed by atoms with E-state index in [1.54, 1.807) is 25.3 Å². The highest BCUT2D eigenvalue weighted by atomic mass is 79.9. The summed E-state index contributed by atoms with van der Waals surface area (Å²) in [5.74, 6) is -0.285. The fourth-order valence-electron chi connectivity index (χ4n) is 1.14. The van der Waals surface area contributed by atoms with E-state index in [1.165, 1.54) is 0 Å². The van der Waals surface area contributed by atoms with Crippen LogP contribution in [-0.4, -0.2) is 24.2 Å². The fourth-order valence-corrected chi connectivity index (χ4v) is 1.66. The molecule has 0 bridgehead atoms. The Morgan fingerprint density at radius 1 is 1.67 bits per heavy atom. The lowest BCUT2D eigenvalue weighted by Gasteiger charge is -2.09. The minimum atomic E-state index is -1.00. The highest BCUT2D eigenvalue weighted by Crippen LogP contribution is 2.23. The summed E-state index contributed by atoms with van der Waals surface area (Å²) in [6, 6.07) is 4.47. The first kappa shape index (κ1) is 12.0. The highest BCUT2D eigenvalue weighted by Gasteiger charge is 2.13. The topological polar surface area (TPSA) is 72.5 Å². The largest absolute Gasteiger partial charge is 0.497 e. The minimum absolute atomic E-state index is 0.292. The van der Waals surface area contributed by atoms with Gasteiger partial charge in [0, 0.05) is 4.47 Å². The van der Waals surface area contributed by atoms with Crippen LogP contribution in [0.2, 0.25) is 0 Å². The van der Waals surface area contributed by atoms with E-state index in [0.717, 1.165) is 15.8 Å². The van der Waals surface area contributed by atoms with Crippen LogP contribution >= 0.6 is 15.9 Å². The standard InChI is InChI=1S/C10H12BrNO3/c1-15-7-3-2-6(8(11)5-7)4-9(12)10(13)14/h2-3,5,9H,4,12H2,1H3,(H,13,14). The Morgan fingerprint density at radius 2 is 2.33 bits per heavy atom. The Labute approximate surface area is 96.2 Å². The maximum Gasteiger partial charge on any atom is 0.320 e. The van der Waals surface area contributed by atoms with Gasteiger partial charge in [-0.05, 0) is 24.1 Å². The van der Waals surface area contributed by atoms with Gasteiger partial charge in [0.15, 0.2) is 0 Å². The first-order valence-corrected chi connectivity index (χ1v) is 5.14. The molecule has 0 saturated carbocycles. The van der Waals surface area contributed by atoms with Crippen LogP contribution in [0, 0.1) is 0 Å². The first-order valence-electron chi connectivity index (χ1n) is 4.35. The van der Waals surface area contributed by atoms with E-state index in [1.807, 2.05) is 0 Å². The second-order valence-electron chi connectivity index (χ2n) is 3.11. The number of halogens is 1. The molecule has 0 fully saturated rings. The van der Waals surface area contributed by atoms with E-state index in [4.69, 9.17) is 15.6 Å². The molecule has 0 amide bonds. The number of rotatable bonds is 4. The molecule has 0 heterocycles. The molecular formula is C10H12BrNO3. The Balaban J connectivity index is 2.82. The third kappa shape index (κ3) is 3.21. The van der Waals surface area contributed by atoms with Crippen molar-refractivity contribution in [3.8, 4) is 5.75 Å². The SMILES string of the molecule is COc1ccc(CC(N)C(=O)O)c(Br)c1. The lowest BCUT2D eigenvalue weighted by atomic mass is 10.1. The maximum atomic E-state index is 10.6. The lowest BCUT2D eigenvalue weighted by Crippen LogP contribution is -2.32. The van der Waals surface area contributed by atoms with Gasteiger partial charge in [-0.25, -0.2) is 0 Å². The average molecular weight is 274 g/mol. The van der Waals surface area contributed by atoms with Crippen molar-refractivity contribution in [3.63, 3.8) is 0 Å². The third-order valence-corrected chi connectivity index (χ3v) is 2.76. The van der Waals surface area contributed by atoms with E-state index >= 15 is 0 Å². The Bertz CT molecular complexity index is 368. The summed E-state index contributed by atoms with van der Waals surface area (Å²) < 4.78 is 5.83. The monoisotopic (exact) mass is 273 g/mol. The number of hydrogen-bond acceptors (Lipinski definition) is 3. The summed E-state index contributed by atoms with van der Waals surface area (Å²) in [7, 11) is 1.57. The molecule has 15 heavy (non-hydrogen) atoms. The molecule has 1 unspecified atom stereocenters. The van der Waals surface area contributed by atoms with Crippen LogP contribution in [0.1, 0.15) is 5.56 Å². The molecular weight excluding hydrogens is 262 g/mol. The fraction of sp³-hybridized carbons (Fsp3) is 0.300. The second-order valence-corrected chi connectivity index (χ2v) is 3.96. The van der Waals surface area contributed by atoms with E-state index in [-0.39, 0.29) is 0 Å². The van der Waals surface area contributed by atoms with Crippen LogP contribution in [0.25, 0.3) is 0 Å². The number of hydrogen-bond donors (Lipinski definition) is 2. The maximum absolute atomic E-state index is 10.6. The Hall–Kier alpha value is -1.07. The number of carbonyl (C=O) groups is 1. The van der Waals surface area contributed by atoms with Crippen LogP contribution in [0.15, 0.2) is 22.7 Å². The number of nitrogens with two attached hydrogens (primary N) is 1. The zero-order chi connectivity index (χ0) is 11.4. The summed E-state index contributed by atoms with van der Waals surface area (Å²) in [6.45, 7) is 0. The quantitative estimate of drug-likeness (QED) is 0.870. The van der Waals surface area contributed by atoms with E-state index in [0.29, 0.717) is 6.42 Å². The second kappa shape index (κ2) is 5.14. The molecule has 82 valence electrons. The first-order chi connectivity index (χ1) is 7.04. The van der Waals surface area contributed by atoms with Gasteiger partial charge in [0.05, 0.1) is 7.11 Å². The number of ether oxygens (including phenoxy) is 1. The normalized spacial score (nSPS) is 12.2. The summed E-state index contributed by atoms with van der Waals surface area (Å²) in [6.07, 6.45) is 0.292. The molecule has 0 aromatic heterocycles. The van der Waals surface area contributed by atoms with Gasteiger partial charge in [0.25, 0.3) is 0 Å². The number of methoxy groups -OCH3 is 1. The molecule has 0 saturated heterocycles. The van der Waals surface area contributed by atoms with Gasteiger partial charge in [-0.15, -0.1) is 0 Å². The van der Waals surface area contributed by atoms with Crippen molar-refractivity contribution in [2.45, 2.75) is 12.5 Å². The Morgan fingerprint density at radius 3 is 2.80 bits per heavy atom. The molecule has 5 heteroatoms. The van der Waals surface area contributed by atoms with Gasteiger partial charge >= 0.3 is 5.97 Å². The minimum Gasteiger partial charge on any atom is -0.497 e. The van der Waals surface area contributed by atoms with Crippen molar-refractivity contribution in [1.29, 1.82) is 0 Å². The van der Waals surface area contributed by atoms with Gasteiger partial charge in [0.1, 0.15) is 11.8 Å². The van der Waals surface area contributed by atoms with Gasteiger partial charge in [0.2, 0.25) is 0 Å². The number of benzene rings is 1. The predicted octanol–water partition coefficient (Wildman–Crippen LogP) is 1.41. The van der Waals surface area contributed by atoms with Crippen LogP contribution in [0.5, 0.6) is 5.75 Å². The van der Waals surface area contributed by atoms with Crippen molar-refractivity contribution in [2.75, 3.05) is 7.11 Å². The molecule has 0 aliphatic rings. The van der Waals surface area contributed by atoms with Crippen molar-refractivity contribution in [1.82, 2.24) is 0 Å². The summed E-state index contributed by atoms with van der Waals surface area (Å²) in [5.41, 5.74) is 6.29. The van der Waals surface area contributed by atoms with Crippen molar-refractivity contribution in [2.24, 2.45) is 5.73 Å². The lowest BCUT2D eigenvalue weighted by molar-refractivity contribution is -0.138. The van der Waals surface area contributed by atoms with E-state index in [9.17, 15) is 4.79 Å². The third-order valence-electron chi connectivity index (χ3n) is 2.02. The van der Waals surface area contributed by atoms with Crippen molar-refractivity contribution >= 4 is 21.9 Å². The molecule has 0 aliphatic carbocycles. The number of aliphatic carboxylic acids is 1. The molecule has 1 atom stereocenters. The summed E-state index contributed by atoms with van der Waals surface area (Å²) in [5, 5.41) is 8.67. The number of carboxylic acids is 1. The molecule has 4 nitrogen and oxygen atoms in total. The van der Waals surface area contributed by atoms with Crippen LogP contribution < -0.4 is 10.5 Å². The molecule has 0 spiro atoms. The van der Waals surface area contributed by atoms with Crippen LogP contribution in [0.3, 0.4) is 0 Å². The summed E-state index contributed by atoms with van der Waals surface area (Å²) in [4.78, 5) is 10.6. The summed E-state index contributed by atoms with van der Waals surface area (Å²) >= 11 is 3.34. The number of carboxylic acid groups (broad SMARTS) is 1. The zero-order valence-corrected chi connectivity index (χ0v) is 9.82. The van der Waals surface area contributed by atoms with Gasteiger partial charge in [-0.2, -0.15) is 0 Å². The van der Waals surface area contributed by atoms with Crippen molar-refractivity contribution < 1.29 is 14.6 Å². The average Bonchev–Trinajstić information content (AvgIpc) is 2.20. The van der Waals surface area contributed by atoms with Gasteiger partial charge in [-0.3, -0.25) is 4.79 Å². The Kier molecular flexibility index (Phi) is 4.11. The zero-order valence-electron chi connectivity index (χ0n) is 8.24. The molecule has 1 aromatic rings. The molecule has 3 N–H and O–H groups in total. The highest BCUT2D eigenvalue weighted by molar-refractivity contribution is 9.10. The van der Waals surface area contributed by atoms with Crippen LogP contribution in [0.4, 0.5) is 0 Å².